The van der Waals surface area contributed by atoms with Crippen molar-refractivity contribution >= 4 is 5.69 Å². The fraction of sp³-hybridized carbons (Fsp3) is 0.400. The molecule has 0 aliphatic carbocycles. The maximum Gasteiger partial charge on any atom is 0.160 e. The zero-order valence-corrected chi connectivity index (χ0v) is 8.00. The third kappa shape index (κ3) is 2.54. The number of nitrogens with one attached hydrogen (secondary N) is 1. The number of benzene rings is 1. The number of methoxy groups -OCH3 is 1. The summed E-state index contributed by atoms with van der Waals surface area (Å²) in [7, 11) is 1.54. The second-order valence-corrected chi connectivity index (χ2v) is 2.81. The van der Waals surface area contributed by atoms with Gasteiger partial charge in [0.25, 0.3) is 0 Å². The van der Waals surface area contributed by atoms with Crippen molar-refractivity contribution in [3.8, 4) is 11.5 Å². The van der Waals surface area contributed by atoms with E-state index in [9.17, 15) is 5.11 Å². The number of aromatic hydroxyl groups is 1. The van der Waals surface area contributed by atoms with Gasteiger partial charge in [0, 0.05) is 18.3 Å². The summed E-state index contributed by atoms with van der Waals surface area (Å²) in [5.41, 5.74) is 0.917. The molecule has 0 bridgehead atoms. The number of hydrogen-bond acceptors (Lipinski definition) is 3. The predicted molar refractivity (Wildman–Crippen MR) is 53.4 cm³/mol. The fourth-order valence-electron chi connectivity index (χ4n) is 1.07. The minimum Gasteiger partial charge on any atom is -0.504 e. The summed E-state index contributed by atoms with van der Waals surface area (Å²) < 4.78 is 4.93. The van der Waals surface area contributed by atoms with Crippen LogP contribution in [0.1, 0.15) is 13.3 Å². The lowest BCUT2D eigenvalue weighted by atomic mass is 10.2. The van der Waals surface area contributed by atoms with Gasteiger partial charge in [0.1, 0.15) is 0 Å². The molecule has 0 saturated heterocycles. The molecular formula is C10H15NO2. The van der Waals surface area contributed by atoms with E-state index in [0.717, 1.165) is 18.7 Å². The van der Waals surface area contributed by atoms with E-state index in [4.69, 9.17) is 4.74 Å². The minimum atomic E-state index is 0.170. The molecule has 0 spiro atoms. The molecule has 1 aromatic carbocycles. The van der Waals surface area contributed by atoms with Crippen LogP contribution in [0.25, 0.3) is 0 Å². The monoisotopic (exact) mass is 181 g/mol. The molecule has 0 amide bonds. The van der Waals surface area contributed by atoms with Crippen LogP contribution >= 0.6 is 0 Å². The van der Waals surface area contributed by atoms with Crippen LogP contribution in [0, 0.1) is 0 Å². The van der Waals surface area contributed by atoms with Crippen LogP contribution in [0.2, 0.25) is 0 Å². The van der Waals surface area contributed by atoms with Crippen LogP contribution in [-0.2, 0) is 0 Å². The van der Waals surface area contributed by atoms with Crippen molar-refractivity contribution in [3.05, 3.63) is 18.2 Å². The van der Waals surface area contributed by atoms with Crippen molar-refractivity contribution in [2.75, 3.05) is 19.0 Å². The van der Waals surface area contributed by atoms with E-state index in [-0.39, 0.29) is 5.75 Å². The zero-order chi connectivity index (χ0) is 9.68. The second kappa shape index (κ2) is 4.60. The Morgan fingerprint density at radius 2 is 2.23 bits per heavy atom. The van der Waals surface area contributed by atoms with E-state index in [0.29, 0.717) is 5.75 Å². The molecule has 1 rings (SSSR count). The summed E-state index contributed by atoms with van der Waals surface area (Å²) >= 11 is 0. The van der Waals surface area contributed by atoms with Gasteiger partial charge in [-0.1, -0.05) is 6.92 Å². The SMILES string of the molecule is CCCNc1ccc(OC)c(O)c1. The molecule has 3 heteroatoms. The Labute approximate surface area is 78.3 Å². The summed E-state index contributed by atoms with van der Waals surface area (Å²) in [6, 6.07) is 5.29. The zero-order valence-electron chi connectivity index (χ0n) is 8.00. The van der Waals surface area contributed by atoms with Gasteiger partial charge in [0.15, 0.2) is 11.5 Å². The van der Waals surface area contributed by atoms with Gasteiger partial charge in [0.2, 0.25) is 0 Å². The van der Waals surface area contributed by atoms with Gasteiger partial charge in [0.05, 0.1) is 7.11 Å². The van der Waals surface area contributed by atoms with Crippen LogP contribution in [-0.4, -0.2) is 18.8 Å². The van der Waals surface area contributed by atoms with Gasteiger partial charge in [-0.25, -0.2) is 0 Å². The lowest BCUT2D eigenvalue weighted by Gasteiger charge is -2.07. The Kier molecular flexibility index (Phi) is 3.43. The Hall–Kier alpha value is -1.38. The van der Waals surface area contributed by atoms with Crippen molar-refractivity contribution in [3.63, 3.8) is 0 Å². The van der Waals surface area contributed by atoms with Crippen LogP contribution in [0.5, 0.6) is 11.5 Å². The van der Waals surface area contributed by atoms with Gasteiger partial charge in [-0.15, -0.1) is 0 Å². The third-order valence-electron chi connectivity index (χ3n) is 1.76. The summed E-state index contributed by atoms with van der Waals surface area (Å²) in [6.07, 6.45) is 1.06. The summed E-state index contributed by atoms with van der Waals surface area (Å²) in [4.78, 5) is 0. The molecule has 0 heterocycles. The molecule has 13 heavy (non-hydrogen) atoms. The van der Waals surface area contributed by atoms with E-state index < -0.39 is 0 Å². The first-order valence-corrected chi connectivity index (χ1v) is 4.38. The van der Waals surface area contributed by atoms with Gasteiger partial charge in [-0.2, -0.15) is 0 Å². The first-order chi connectivity index (χ1) is 6.27. The minimum absolute atomic E-state index is 0.170. The molecule has 0 aromatic heterocycles. The van der Waals surface area contributed by atoms with Crippen molar-refractivity contribution in [1.82, 2.24) is 0 Å². The van der Waals surface area contributed by atoms with Gasteiger partial charge >= 0.3 is 0 Å². The molecule has 1 aromatic rings. The van der Waals surface area contributed by atoms with Crippen LogP contribution in [0.3, 0.4) is 0 Å². The molecule has 72 valence electrons. The number of hydrogen-bond donors (Lipinski definition) is 2. The first kappa shape index (κ1) is 9.71. The molecule has 2 N–H and O–H groups in total. The highest BCUT2D eigenvalue weighted by Gasteiger charge is 2.00. The van der Waals surface area contributed by atoms with Crippen LogP contribution < -0.4 is 10.1 Å². The Morgan fingerprint density at radius 1 is 1.46 bits per heavy atom. The van der Waals surface area contributed by atoms with E-state index in [2.05, 4.69) is 12.2 Å². The summed E-state index contributed by atoms with van der Waals surface area (Å²) in [6.45, 7) is 3.00. The van der Waals surface area contributed by atoms with Crippen LogP contribution in [0.15, 0.2) is 18.2 Å². The maximum atomic E-state index is 9.43. The lowest BCUT2D eigenvalue weighted by Crippen LogP contribution is -1.99. The van der Waals surface area contributed by atoms with Crippen LogP contribution in [0.4, 0.5) is 5.69 Å². The van der Waals surface area contributed by atoms with E-state index in [1.165, 1.54) is 7.11 Å². The normalized spacial score (nSPS) is 9.69. The Morgan fingerprint density at radius 3 is 2.77 bits per heavy atom. The number of rotatable bonds is 4. The number of ether oxygens (including phenoxy) is 1. The average Bonchev–Trinajstić information content (AvgIpc) is 2.15. The third-order valence-corrected chi connectivity index (χ3v) is 1.76. The lowest BCUT2D eigenvalue weighted by molar-refractivity contribution is 0.373. The van der Waals surface area contributed by atoms with Gasteiger partial charge in [-0.3, -0.25) is 0 Å². The fourth-order valence-corrected chi connectivity index (χ4v) is 1.07. The molecule has 0 aliphatic heterocycles. The molecule has 0 atom stereocenters. The highest BCUT2D eigenvalue weighted by atomic mass is 16.5. The van der Waals surface area contributed by atoms with Gasteiger partial charge in [-0.05, 0) is 18.6 Å². The maximum absolute atomic E-state index is 9.43. The standard InChI is InChI=1S/C10H15NO2/c1-3-6-11-8-4-5-10(13-2)9(12)7-8/h4-5,7,11-12H,3,6H2,1-2H3. The van der Waals surface area contributed by atoms with E-state index in [1.807, 2.05) is 6.07 Å². The van der Waals surface area contributed by atoms with Crippen molar-refractivity contribution in [2.24, 2.45) is 0 Å². The number of phenolic OH excluding ortho intramolecular Hbond substituents is 1. The Bertz CT molecular complexity index is 274. The largest absolute Gasteiger partial charge is 0.504 e. The molecule has 0 unspecified atom stereocenters. The quantitative estimate of drug-likeness (QED) is 0.748. The number of anilines is 1. The summed E-state index contributed by atoms with van der Waals surface area (Å²) in [5, 5.41) is 12.6. The first-order valence-electron chi connectivity index (χ1n) is 4.38. The highest BCUT2D eigenvalue weighted by Crippen LogP contribution is 2.28. The number of phenols is 1. The van der Waals surface area contributed by atoms with Crippen molar-refractivity contribution in [2.45, 2.75) is 13.3 Å². The molecule has 0 saturated carbocycles. The second-order valence-electron chi connectivity index (χ2n) is 2.81. The molecule has 3 nitrogen and oxygen atoms in total. The predicted octanol–water partition coefficient (Wildman–Crippen LogP) is 2.22. The van der Waals surface area contributed by atoms with Gasteiger partial charge < -0.3 is 15.2 Å². The summed E-state index contributed by atoms with van der Waals surface area (Å²) in [5.74, 6) is 0.672. The average molecular weight is 181 g/mol. The molecule has 0 aliphatic rings. The molecular weight excluding hydrogens is 166 g/mol. The van der Waals surface area contributed by atoms with Crippen molar-refractivity contribution in [1.29, 1.82) is 0 Å². The van der Waals surface area contributed by atoms with E-state index in [1.54, 1.807) is 12.1 Å². The molecule has 0 fully saturated rings. The topological polar surface area (TPSA) is 41.5 Å². The smallest absolute Gasteiger partial charge is 0.160 e. The highest BCUT2D eigenvalue weighted by molar-refractivity contribution is 5.53. The molecule has 0 radical (unpaired) electrons. The van der Waals surface area contributed by atoms with E-state index >= 15 is 0 Å². The van der Waals surface area contributed by atoms with Crippen molar-refractivity contribution < 1.29 is 9.84 Å². The Balaban J connectivity index is 2.71.